The van der Waals surface area contributed by atoms with Gasteiger partial charge in [-0.1, -0.05) is 23.8 Å². The van der Waals surface area contributed by atoms with E-state index < -0.39 is 11.4 Å². The Bertz CT molecular complexity index is 1070. The fourth-order valence-electron chi connectivity index (χ4n) is 5.25. The van der Waals surface area contributed by atoms with Crippen LogP contribution in [0.1, 0.15) is 42.4 Å². The summed E-state index contributed by atoms with van der Waals surface area (Å²) in [6, 6.07) is 11.3. The molecule has 2 aromatic rings. The van der Waals surface area contributed by atoms with E-state index in [1.165, 1.54) is 30.0 Å². The van der Waals surface area contributed by atoms with E-state index in [2.05, 4.69) is 42.3 Å². The van der Waals surface area contributed by atoms with Crippen molar-refractivity contribution in [2.75, 3.05) is 38.2 Å². The highest BCUT2D eigenvalue weighted by atomic mass is 19.1. The summed E-state index contributed by atoms with van der Waals surface area (Å²) in [6.07, 6.45) is 2.60. The van der Waals surface area contributed by atoms with Crippen LogP contribution in [0.3, 0.4) is 0 Å². The van der Waals surface area contributed by atoms with Gasteiger partial charge in [-0.15, -0.1) is 0 Å². The van der Waals surface area contributed by atoms with Crippen LogP contribution in [0.4, 0.5) is 10.1 Å². The number of carbonyl (C=O) groups is 2. The van der Waals surface area contributed by atoms with Crippen molar-refractivity contribution in [3.8, 4) is 5.75 Å². The molecule has 1 unspecified atom stereocenters. The Kier molecular flexibility index (Phi) is 7.10. The minimum Gasteiger partial charge on any atom is -0.494 e. The SMILES string of the molecule is COc1cc(CC2(CCC(=O)N3CCN(c4ccc(C)cc4C)CC3)CCC(=O)N2)ccc1F. The molecule has 2 aliphatic rings. The molecule has 1 N–H and O–H groups in total. The number of anilines is 1. The number of piperazine rings is 1. The standard InChI is InChI=1S/C27H34FN3O3/c1-19-4-7-23(20(2)16-19)30-12-14-31(15-13-30)26(33)9-11-27(10-8-25(32)29-27)18-21-5-6-22(28)24(17-21)34-3/h4-7,16-17H,8-15,18H2,1-3H3,(H,29,32). The molecule has 7 heteroatoms. The number of benzene rings is 2. The molecule has 0 radical (unpaired) electrons. The quantitative estimate of drug-likeness (QED) is 0.674. The zero-order chi connectivity index (χ0) is 24.3. The summed E-state index contributed by atoms with van der Waals surface area (Å²) in [4.78, 5) is 29.4. The molecule has 6 nitrogen and oxygen atoms in total. The average molecular weight is 468 g/mol. The lowest BCUT2D eigenvalue weighted by Gasteiger charge is -2.37. The van der Waals surface area contributed by atoms with Gasteiger partial charge in [0.1, 0.15) is 0 Å². The maximum absolute atomic E-state index is 13.8. The molecule has 2 fully saturated rings. The number of amides is 2. The molecule has 0 spiro atoms. The van der Waals surface area contributed by atoms with Crippen LogP contribution in [0, 0.1) is 19.7 Å². The summed E-state index contributed by atoms with van der Waals surface area (Å²) in [7, 11) is 1.44. The van der Waals surface area contributed by atoms with Crippen molar-refractivity contribution in [2.24, 2.45) is 0 Å². The van der Waals surface area contributed by atoms with Crippen molar-refractivity contribution in [3.63, 3.8) is 0 Å². The second kappa shape index (κ2) is 10.0. The third-order valence-corrected chi connectivity index (χ3v) is 7.14. The zero-order valence-electron chi connectivity index (χ0n) is 20.3. The van der Waals surface area contributed by atoms with Crippen LogP contribution in [0.25, 0.3) is 0 Å². The molecule has 0 bridgehead atoms. The third-order valence-electron chi connectivity index (χ3n) is 7.14. The predicted octanol–water partition coefficient (Wildman–Crippen LogP) is 3.77. The lowest BCUT2D eigenvalue weighted by atomic mass is 9.84. The van der Waals surface area contributed by atoms with Crippen molar-refractivity contribution in [1.29, 1.82) is 0 Å². The minimum absolute atomic E-state index is 0.00334. The van der Waals surface area contributed by atoms with Gasteiger partial charge in [-0.3, -0.25) is 9.59 Å². The van der Waals surface area contributed by atoms with E-state index in [9.17, 15) is 14.0 Å². The monoisotopic (exact) mass is 467 g/mol. The zero-order valence-corrected chi connectivity index (χ0v) is 20.3. The number of ether oxygens (including phenoxy) is 1. The number of aryl methyl sites for hydroxylation is 2. The van der Waals surface area contributed by atoms with Gasteiger partial charge in [0.2, 0.25) is 11.8 Å². The third kappa shape index (κ3) is 5.34. The van der Waals surface area contributed by atoms with Crippen molar-refractivity contribution < 1.29 is 18.7 Å². The van der Waals surface area contributed by atoms with E-state index in [1.807, 2.05) is 4.90 Å². The topological polar surface area (TPSA) is 61.9 Å². The molecule has 0 aliphatic carbocycles. The summed E-state index contributed by atoms with van der Waals surface area (Å²) in [5.74, 6) is -0.0956. The highest BCUT2D eigenvalue weighted by molar-refractivity contribution is 5.80. The Hall–Kier alpha value is -3.09. The van der Waals surface area contributed by atoms with E-state index >= 15 is 0 Å². The van der Waals surface area contributed by atoms with Crippen LogP contribution in [-0.4, -0.2) is 55.5 Å². The van der Waals surface area contributed by atoms with Crippen molar-refractivity contribution in [3.05, 3.63) is 58.9 Å². The molecule has 2 aliphatic heterocycles. The number of halogens is 1. The summed E-state index contributed by atoms with van der Waals surface area (Å²) >= 11 is 0. The highest BCUT2D eigenvalue weighted by Crippen LogP contribution is 2.32. The molecule has 0 aromatic heterocycles. The Balaban J connectivity index is 1.36. The van der Waals surface area contributed by atoms with Crippen molar-refractivity contribution in [2.45, 2.75) is 51.5 Å². The van der Waals surface area contributed by atoms with E-state index in [0.29, 0.717) is 45.2 Å². The van der Waals surface area contributed by atoms with Gasteiger partial charge in [-0.25, -0.2) is 4.39 Å². The van der Waals surface area contributed by atoms with Crippen molar-refractivity contribution >= 4 is 17.5 Å². The second-order valence-electron chi connectivity index (χ2n) is 9.63. The number of methoxy groups -OCH3 is 1. The van der Waals surface area contributed by atoms with E-state index in [0.717, 1.165) is 18.7 Å². The number of nitrogens with zero attached hydrogens (tertiary/aromatic N) is 2. The maximum Gasteiger partial charge on any atom is 0.222 e. The number of nitrogens with one attached hydrogen (secondary N) is 1. The van der Waals surface area contributed by atoms with Gasteiger partial charge < -0.3 is 19.9 Å². The fraction of sp³-hybridized carbons (Fsp3) is 0.481. The molecular formula is C27H34FN3O3. The lowest BCUT2D eigenvalue weighted by molar-refractivity contribution is -0.132. The molecule has 182 valence electrons. The van der Waals surface area contributed by atoms with Crippen LogP contribution >= 0.6 is 0 Å². The molecule has 2 saturated heterocycles. The highest BCUT2D eigenvalue weighted by Gasteiger charge is 2.38. The molecule has 4 rings (SSSR count). The first-order valence-corrected chi connectivity index (χ1v) is 12.0. The predicted molar refractivity (Wildman–Crippen MR) is 131 cm³/mol. The summed E-state index contributed by atoms with van der Waals surface area (Å²) < 4.78 is 18.9. The van der Waals surface area contributed by atoms with Crippen LogP contribution in [0.2, 0.25) is 0 Å². The normalized spacial score (nSPS) is 20.4. The van der Waals surface area contributed by atoms with E-state index in [-0.39, 0.29) is 17.6 Å². The Morgan fingerprint density at radius 3 is 2.53 bits per heavy atom. The minimum atomic E-state index is -0.490. The van der Waals surface area contributed by atoms with Gasteiger partial charge in [0.15, 0.2) is 11.6 Å². The second-order valence-corrected chi connectivity index (χ2v) is 9.63. The first-order valence-electron chi connectivity index (χ1n) is 12.0. The van der Waals surface area contributed by atoms with Gasteiger partial charge >= 0.3 is 0 Å². The summed E-state index contributed by atoms with van der Waals surface area (Å²) in [6.45, 7) is 7.24. The van der Waals surface area contributed by atoms with Gasteiger partial charge in [-0.2, -0.15) is 0 Å². The Morgan fingerprint density at radius 2 is 1.88 bits per heavy atom. The van der Waals surface area contributed by atoms with Gasteiger partial charge in [0, 0.05) is 50.2 Å². The van der Waals surface area contributed by atoms with E-state index in [4.69, 9.17) is 4.74 Å². The van der Waals surface area contributed by atoms with Crippen LogP contribution in [-0.2, 0) is 16.0 Å². The number of hydrogen-bond acceptors (Lipinski definition) is 4. The van der Waals surface area contributed by atoms with Gasteiger partial charge in [0.05, 0.1) is 7.11 Å². The molecule has 34 heavy (non-hydrogen) atoms. The summed E-state index contributed by atoms with van der Waals surface area (Å²) in [5.41, 5.74) is 4.14. The summed E-state index contributed by atoms with van der Waals surface area (Å²) in [5, 5.41) is 3.11. The average Bonchev–Trinajstić information content (AvgIpc) is 3.19. The van der Waals surface area contributed by atoms with Crippen LogP contribution in [0.5, 0.6) is 5.75 Å². The van der Waals surface area contributed by atoms with Gasteiger partial charge in [-0.05, 0) is 62.4 Å². The Morgan fingerprint density at radius 1 is 1.12 bits per heavy atom. The maximum atomic E-state index is 13.8. The molecule has 2 aromatic carbocycles. The molecule has 2 amide bonds. The van der Waals surface area contributed by atoms with Crippen LogP contribution in [0.15, 0.2) is 36.4 Å². The molecule has 0 saturated carbocycles. The van der Waals surface area contributed by atoms with Crippen LogP contribution < -0.4 is 15.0 Å². The Labute approximate surface area is 201 Å². The molecule has 1 atom stereocenters. The largest absolute Gasteiger partial charge is 0.494 e. The number of hydrogen-bond donors (Lipinski definition) is 1. The van der Waals surface area contributed by atoms with Gasteiger partial charge in [0.25, 0.3) is 0 Å². The molecule has 2 heterocycles. The lowest BCUT2D eigenvalue weighted by Crippen LogP contribution is -2.50. The van der Waals surface area contributed by atoms with E-state index in [1.54, 1.807) is 12.1 Å². The molecular weight excluding hydrogens is 433 g/mol. The smallest absolute Gasteiger partial charge is 0.222 e. The number of carbonyl (C=O) groups excluding carboxylic acids is 2. The first kappa shape index (κ1) is 24.0. The fourth-order valence-corrected chi connectivity index (χ4v) is 5.25. The number of rotatable bonds is 7. The van der Waals surface area contributed by atoms with Crippen molar-refractivity contribution in [1.82, 2.24) is 10.2 Å². The first-order chi connectivity index (χ1) is 16.3.